The van der Waals surface area contributed by atoms with Crippen molar-refractivity contribution >= 4 is 57.2 Å². The first-order valence-electron chi connectivity index (χ1n) is 10.1. The van der Waals surface area contributed by atoms with Crippen LogP contribution < -0.4 is 14.8 Å². The molecule has 1 N–H and O–H groups in total. The average molecular weight is 675 g/mol. The van der Waals surface area contributed by atoms with Crippen molar-refractivity contribution in [2.75, 3.05) is 7.11 Å². The van der Waals surface area contributed by atoms with Gasteiger partial charge in [0.25, 0.3) is 5.91 Å². The number of nitriles is 2. The highest BCUT2D eigenvalue weighted by Gasteiger charge is 2.13. The first-order valence-corrected chi connectivity index (χ1v) is 12.2. The van der Waals surface area contributed by atoms with Crippen molar-refractivity contribution in [3.8, 4) is 23.6 Å². The molecule has 0 bridgehead atoms. The molecule has 0 atom stereocenters. The molecule has 0 saturated carbocycles. The van der Waals surface area contributed by atoms with Crippen LogP contribution in [0.3, 0.4) is 0 Å². The van der Waals surface area contributed by atoms with Crippen LogP contribution in [0.25, 0.3) is 6.08 Å². The zero-order valence-electron chi connectivity index (χ0n) is 18.1. The Morgan fingerprint density at radius 3 is 2.35 bits per heavy atom. The van der Waals surface area contributed by atoms with Gasteiger partial charge in [-0.05, 0) is 92.7 Å². The highest BCUT2D eigenvalue weighted by atomic mass is 127. The van der Waals surface area contributed by atoms with Crippen LogP contribution in [0.15, 0.2) is 66.2 Å². The van der Waals surface area contributed by atoms with E-state index in [1.165, 1.54) is 0 Å². The SMILES string of the molecule is COc1ccc(CNC(=O)/C(C#N)=C\c2cc(I)c(OCc3ccccc3C#N)c(I)c2)cc1. The number of benzene rings is 3. The van der Waals surface area contributed by atoms with E-state index < -0.39 is 5.91 Å². The lowest BCUT2D eigenvalue weighted by Crippen LogP contribution is -2.23. The molecule has 0 heterocycles. The van der Waals surface area contributed by atoms with Gasteiger partial charge in [0, 0.05) is 12.1 Å². The van der Waals surface area contributed by atoms with Crippen LogP contribution in [0, 0.1) is 29.8 Å². The van der Waals surface area contributed by atoms with E-state index >= 15 is 0 Å². The van der Waals surface area contributed by atoms with E-state index in [0.717, 1.165) is 29.6 Å². The fourth-order valence-corrected chi connectivity index (χ4v) is 5.17. The Bertz CT molecular complexity index is 1280. The van der Waals surface area contributed by atoms with Gasteiger partial charge in [-0.3, -0.25) is 4.79 Å². The summed E-state index contributed by atoms with van der Waals surface area (Å²) in [6.45, 7) is 0.565. The molecule has 0 unspecified atom stereocenters. The van der Waals surface area contributed by atoms with Crippen molar-refractivity contribution in [1.82, 2.24) is 5.32 Å². The number of ether oxygens (including phenoxy) is 2. The van der Waals surface area contributed by atoms with E-state index in [1.807, 2.05) is 60.7 Å². The average Bonchev–Trinajstić information content (AvgIpc) is 2.85. The monoisotopic (exact) mass is 675 g/mol. The lowest BCUT2D eigenvalue weighted by Gasteiger charge is -2.12. The number of nitrogens with zero attached hydrogens (tertiary/aromatic N) is 2. The van der Waals surface area contributed by atoms with Gasteiger partial charge in [0.1, 0.15) is 29.7 Å². The van der Waals surface area contributed by atoms with Crippen molar-refractivity contribution in [2.24, 2.45) is 0 Å². The summed E-state index contributed by atoms with van der Waals surface area (Å²) >= 11 is 4.32. The molecule has 0 aliphatic carbocycles. The Kier molecular flexibility index (Phi) is 9.31. The summed E-state index contributed by atoms with van der Waals surface area (Å²) < 4.78 is 12.8. The zero-order chi connectivity index (χ0) is 24.5. The summed E-state index contributed by atoms with van der Waals surface area (Å²) in [5.74, 6) is 0.976. The molecule has 3 rings (SSSR count). The second-order valence-corrected chi connectivity index (χ2v) is 9.40. The van der Waals surface area contributed by atoms with Gasteiger partial charge in [-0.15, -0.1) is 0 Å². The van der Waals surface area contributed by atoms with Crippen LogP contribution >= 0.6 is 45.2 Å². The Hall–Kier alpha value is -3.09. The minimum Gasteiger partial charge on any atom is -0.497 e. The summed E-state index contributed by atoms with van der Waals surface area (Å²) in [6.07, 6.45) is 1.56. The van der Waals surface area contributed by atoms with Gasteiger partial charge < -0.3 is 14.8 Å². The van der Waals surface area contributed by atoms with Crippen LogP contribution in [0.5, 0.6) is 11.5 Å². The fourth-order valence-electron chi connectivity index (χ4n) is 3.04. The smallest absolute Gasteiger partial charge is 0.262 e. The molecule has 1 amide bonds. The third kappa shape index (κ3) is 6.72. The van der Waals surface area contributed by atoms with E-state index in [1.54, 1.807) is 19.3 Å². The molecule has 0 aromatic heterocycles. The Morgan fingerprint density at radius 1 is 1.06 bits per heavy atom. The number of carbonyl (C=O) groups excluding carboxylic acids is 1. The number of halogens is 2. The molecule has 6 nitrogen and oxygen atoms in total. The molecule has 0 radical (unpaired) electrons. The van der Waals surface area contributed by atoms with E-state index in [0.29, 0.717) is 17.9 Å². The topological polar surface area (TPSA) is 95.1 Å². The maximum absolute atomic E-state index is 12.6. The number of rotatable bonds is 8. The zero-order valence-corrected chi connectivity index (χ0v) is 22.5. The van der Waals surface area contributed by atoms with E-state index in [2.05, 4.69) is 56.6 Å². The molecule has 0 saturated heterocycles. The molecule has 34 heavy (non-hydrogen) atoms. The molecule has 0 aliphatic rings. The molecule has 3 aromatic carbocycles. The maximum atomic E-state index is 12.6. The predicted octanol–water partition coefficient (Wildman–Crippen LogP) is 5.58. The molecular weight excluding hydrogens is 656 g/mol. The molecule has 0 spiro atoms. The second kappa shape index (κ2) is 12.4. The minimum atomic E-state index is -0.447. The largest absolute Gasteiger partial charge is 0.497 e. The summed E-state index contributed by atoms with van der Waals surface area (Å²) in [5, 5.41) is 21.6. The number of amides is 1. The van der Waals surface area contributed by atoms with Gasteiger partial charge in [-0.25, -0.2) is 0 Å². The van der Waals surface area contributed by atoms with Crippen LogP contribution in [0.1, 0.15) is 22.3 Å². The van der Waals surface area contributed by atoms with Gasteiger partial charge in [0.2, 0.25) is 0 Å². The van der Waals surface area contributed by atoms with Crippen molar-refractivity contribution in [1.29, 1.82) is 10.5 Å². The standard InChI is InChI=1S/C26H19I2N3O3/c1-33-22-8-6-17(7-9-22)15-31-26(32)21(14-30)10-18-11-23(27)25(24(28)12-18)34-16-20-5-3-2-4-19(20)13-29/h2-12H,15-16H2,1H3,(H,31,32)/b21-10-. The van der Waals surface area contributed by atoms with Crippen molar-refractivity contribution in [3.63, 3.8) is 0 Å². The van der Waals surface area contributed by atoms with Crippen molar-refractivity contribution in [2.45, 2.75) is 13.2 Å². The molecule has 3 aromatic rings. The number of hydrogen-bond donors (Lipinski definition) is 1. The summed E-state index contributed by atoms with van der Waals surface area (Å²) in [5.41, 5.74) is 3.01. The quantitative estimate of drug-likeness (QED) is 0.191. The number of nitrogens with one attached hydrogen (secondary N) is 1. The molecule has 0 fully saturated rings. The number of hydrogen-bond acceptors (Lipinski definition) is 5. The van der Waals surface area contributed by atoms with E-state index in [9.17, 15) is 15.3 Å². The van der Waals surface area contributed by atoms with E-state index in [-0.39, 0.29) is 12.2 Å². The van der Waals surface area contributed by atoms with E-state index in [4.69, 9.17) is 9.47 Å². The van der Waals surface area contributed by atoms with Crippen LogP contribution in [-0.2, 0) is 17.9 Å². The first kappa shape index (κ1) is 25.5. The van der Waals surface area contributed by atoms with Crippen LogP contribution in [-0.4, -0.2) is 13.0 Å². The Balaban J connectivity index is 1.71. The third-order valence-electron chi connectivity index (χ3n) is 4.82. The molecular formula is C26H19I2N3O3. The number of methoxy groups -OCH3 is 1. The highest BCUT2D eigenvalue weighted by Crippen LogP contribution is 2.31. The summed E-state index contributed by atoms with van der Waals surface area (Å²) in [4.78, 5) is 12.6. The maximum Gasteiger partial charge on any atom is 0.262 e. The Labute approximate surface area is 225 Å². The van der Waals surface area contributed by atoms with Gasteiger partial charge in [-0.2, -0.15) is 10.5 Å². The minimum absolute atomic E-state index is 0.0109. The predicted molar refractivity (Wildman–Crippen MR) is 146 cm³/mol. The van der Waals surface area contributed by atoms with Crippen molar-refractivity contribution in [3.05, 3.63) is 95.6 Å². The van der Waals surface area contributed by atoms with Gasteiger partial charge in [0.05, 0.1) is 25.9 Å². The second-order valence-electron chi connectivity index (χ2n) is 7.07. The third-order valence-corrected chi connectivity index (χ3v) is 6.42. The van der Waals surface area contributed by atoms with Crippen LogP contribution in [0.2, 0.25) is 0 Å². The van der Waals surface area contributed by atoms with Gasteiger partial charge in [-0.1, -0.05) is 30.3 Å². The lowest BCUT2D eigenvalue weighted by atomic mass is 10.1. The van der Waals surface area contributed by atoms with Gasteiger partial charge in [0.15, 0.2) is 0 Å². The van der Waals surface area contributed by atoms with Crippen molar-refractivity contribution < 1.29 is 14.3 Å². The Morgan fingerprint density at radius 2 is 1.74 bits per heavy atom. The molecule has 0 aliphatic heterocycles. The van der Waals surface area contributed by atoms with Gasteiger partial charge >= 0.3 is 0 Å². The van der Waals surface area contributed by atoms with Crippen LogP contribution in [0.4, 0.5) is 0 Å². The summed E-state index contributed by atoms with van der Waals surface area (Å²) in [7, 11) is 1.59. The number of carbonyl (C=O) groups is 1. The first-order chi connectivity index (χ1) is 16.4. The normalized spacial score (nSPS) is 10.7. The molecule has 170 valence electrons. The summed E-state index contributed by atoms with van der Waals surface area (Å²) in [6, 6.07) is 22.5. The lowest BCUT2D eigenvalue weighted by molar-refractivity contribution is -0.117. The highest BCUT2D eigenvalue weighted by molar-refractivity contribution is 14.1. The fraction of sp³-hybridized carbons (Fsp3) is 0.115. The molecule has 8 heteroatoms.